The topological polar surface area (TPSA) is 29.5 Å². The van der Waals surface area contributed by atoms with E-state index in [0.29, 0.717) is 0 Å². The first-order valence-electron chi connectivity index (χ1n) is 3.77. The summed E-state index contributed by atoms with van der Waals surface area (Å²) in [6, 6.07) is 0. The van der Waals surface area contributed by atoms with Gasteiger partial charge in [0.1, 0.15) is 0 Å². The van der Waals surface area contributed by atoms with Gasteiger partial charge in [0, 0.05) is 3.42 Å². The molecule has 0 fully saturated rings. The molecule has 0 radical (unpaired) electrons. The first-order chi connectivity index (χ1) is 5.41. The van der Waals surface area contributed by atoms with Gasteiger partial charge in [-0.2, -0.15) is 0 Å². The first kappa shape index (κ1) is 13.2. The molecule has 0 atom stereocenters. The smallest absolute Gasteiger partial charge is 0.423 e. The molecule has 0 saturated carbocycles. The van der Waals surface area contributed by atoms with Gasteiger partial charge in [0.2, 0.25) is 0 Å². The summed E-state index contributed by atoms with van der Waals surface area (Å²) in [7, 11) is -0.783. The van der Waals surface area contributed by atoms with Crippen molar-refractivity contribution in [1.82, 2.24) is 0 Å². The Morgan fingerprint density at radius 1 is 1.67 bits per heavy atom. The average Bonchev–Trinajstić information content (AvgIpc) is 1.97. The predicted molar refractivity (Wildman–Crippen MR) is 69.6 cm³/mol. The molecule has 1 N–H and O–H groups in total. The highest BCUT2D eigenvalue weighted by Crippen LogP contribution is 2.29. The summed E-state index contributed by atoms with van der Waals surface area (Å²) in [5, 5.41) is 9.21. The van der Waals surface area contributed by atoms with Crippen LogP contribution < -0.4 is 0 Å². The summed E-state index contributed by atoms with van der Waals surface area (Å²) in [6.45, 7) is 6.30. The van der Waals surface area contributed by atoms with Crippen molar-refractivity contribution in [3.05, 3.63) is 11.5 Å². The van der Waals surface area contributed by atoms with Gasteiger partial charge in [-0.3, -0.25) is 0 Å². The van der Waals surface area contributed by atoms with Crippen molar-refractivity contribution in [3.63, 3.8) is 0 Å². The van der Waals surface area contributed by atoms with Crippen LogP contribution in [0.1, 0.15) is 27.2 Å². The average molecular weight is 394 g/mol. The summed E-state index contributed by atoms with van der Waals surface area (Å²) in [5.74, 6) is 1.76. The van der Waals surface area contributed by atoms with Crippen LogP contribution in [-0.2, 0) is 2.98 Å². The van der Waals surface area contributed by atoms with Crippen LogP contribution in [0, 0.1) is 0 Å². The molecule has 2 nitrogen and oxygen atoms in total. The Morgan fingerprint density at radius 3 is 2.42 bits per heavy atom. The Morgan fingerprint density at radius 2 is 2.17 bits per heavy atom. The van der Waals surface area contributed by atoms with E-state index in [1.54, 1.807) is 29.0 Å². The Hall–Kier alpha value is 1.18. The van der Waals surface area contributed by atoms with Gasteiger partial charge in [0.25, 0.3) is 0 Å². The van der Waals surface area contributed by atoms with Crippen LogP contribution >= 0.6 is 45.6 Å². The lowest BCUT2D eigenvalue weighted by molar-refractivity contribution is 0.489. The van der Waals surface area contributed by atoms with Crippen molar-refractivity contribution < 1.29 is 8.01 Å². The van der Waals surface area contributed by atoms with E-state index in [2.05, 4.69) is 43.4 Å². The SMILES string of the molecule is CC/C(=C\B(O)OI)C(C)(C)I. The molecular formula is C7H13BI2O2. The van der Waals surface area contributed by atoms with E-state index in [0.717, 1.165) is 6.42 Å². The molecule has 0 heterocycles. The predicted octanol–water partition coefficient (Wildman–Crippen LogP) is 2.92. The monoisotopic (exact) mass is 394 g/mol. The third-order valence-electron chi connectivity index (χ3n) is 1.58. The van der Waals surface area contributed by atoms with Gasteiger partial charge in [-0.25, -0.2) is 0 Å². The molecule has 0 unspecified atom stereocenters. The van der Waals surface area contributed by atoms with Gasteiger partial charge in [0.15, 0.2) is 0 Å². The molecule has 5 heteroatoms. The molecule has 0 aromatic carbocycles. The third-order valence-corrected chi connectivity index (χ3v) is 2.79. The molecule has 0 spiro atoms. The zero-order valence-electron chi connectivity index (χ0n) is 7.47. The maximum absolute atomic E-state index is 9.21. The highest BCUT2D eigenvalue weighted by molar-refractivity contribution is 14.1. The summed E-state index contributed by atoms with van der Waals surface area (Å²) in [6.07, 6.45) is 0.938. The fourth-order valence-electron chi connectivity index (χ4n) is 0.934. The van der Waals surface area contributed by atoms with E-state index in [1.807, 2.05) is 0 Å². The van der Waals surface area contributed by atoms with E-state index >= 15 is 0 Å². The van der Waals surface area contributed by atoms with Gasteiger partial charge in [-0.15, -0.1) is 0 Å². The van der Waals surface area contributed by atoms with E-state index in [9.17, 15) is 5.02 Å². The lowest BCUT2D eigenvalue weighted by atomic mass is 9.84. The van der Waals surface area contributed by atoms with E-state index in [-0.39, 0.29) is 3.42 Å². The number of halogens is 2. The van der Waals surface area contributed by atoms with Gasteiger partial charge in [-0.05, 0) is 20.3 Å². The van der Waals surface area contributed by atoms with Crippen molar-refractivity contribution in [1.29, 1.82) is 0 Å². The van der Waals surface area contributed by atoms with Gasteiger partial charge >= 0.3 is 7.12 Å². The quantitative estimate of drug-likeness (QED) is 0.452. The van der Waals surface area contributed by atoms with Crippen LogP contribution in [-0.4, -0.2) is 15.6 Å². The lowest BCUT2D eigenvalue weighted by Crippen LogP contribution is -2.18. The fraction of sp³-hybridized carbons (Fsp3) is 0.714. The minimum Gasteiger partial charge on any atom is -0.423 e. The van der Waals surface area contributed by atoms with Crippen LogP contribution in [0.25, 0.3) is 0 Å². The molecule has 0 aromatic rings. The Bertz CT molecular complexity index is 165. The fourth-order valence-corrected chi connectivity index (χ4v) is 1.64. The zero-order chi connectivity index (χ0) is 9.78. The Labute approximate surface area is 102 Å². The van der Waals surface area contributed by atoms with Crippen molar-refractivity contribution in [2.75, 3.05) is 0 Å². The van der Waals surface area contributed by atoms with Gasteiger partial charge in [0.05, 0.1) is 23.0 Å². The molecule has 70 valence electrons. The molecule has 12 heavy (non-hydrogen) atoms. The van der Waals surface area contributed by atoms with Crippen molar-refractivity contribution in [3.8, 4) is 0 Å². The van der Waals surface area contributed by atoms with E-state index < -0.39 is 7.12 Å². The van der Waals surface area contributed by atoms with E-state index in [1.165, 1.54) is 5.57 Å². The number of hydrogen-bond donors (Lipinski definition) is 1. The maximum atomic E-state index is 9.21. The molecule has 0 saturated heterocycles. The molecule has 0 amide bonds. The molecule has 0 rings (SSSR count). The second-order valence-corrected chi connectivity index (χ2v) is 6.20. The minimum absolute atomic E-state index is 0.0860. The van der Waals surface area contributed by atoms with E-state index in [4.69, 9.17) is 2.98 Å². The number of hydrogen-bond acceptors (Lipinski definition) is 2. The molecule has 0 aliphatic rings. The van der Waals surface area contributed by atoms with Crippen LogP contribution in [0.15, 0.2) is 11.5 Å². The Kier molecular flexibility index (Phi) is 6.39. The standard InChI is InChI=1S/C7H13BI2O2/c1-4-6(7(2,3)9)5-8(11)12-10/h5,11H,4H2,1-3H3/b6-5+. The van der Waals surface area contributed by atoms with Crippen molar-refractivity contribution in [2.45, 2.75) is 30.6 Å². The number of rotatable bonds is 4. The highest BCUT2D eigenvalue weighted by atomic mass is 127. The molecule has 0 aliphatic carbocycles. The number of allylic oxidation sites excluding steroid dienone is 1. The largest absolute Gasteiger partial charge is 0.492 e. The molecule has 0 bridgehead atoms. The van der Waals surface area contributed by atoms with Gasteiger partial charge in [-0.1, -0.05) is 41.1 Å². The molecular weight excluding hydrogens is 381 g/mol. The first-order valence-corrected chi connectivity index (χ1v) is 5.73. The second kappa shape index (κ2) is 5.82. The number of alkyl halides is 1. The normalized spacial score (nSPS) is 13.3. The van der Waals surface area contributed by atoms with Crippen molar-refractivity contribution in [2.24, 2.45) is 0 Å². The maximum Gasteiger partial charge on any atom is 0.492 e. The van der Waals surface area contributed by atoms with Crippen LogP contribution in [0.3, 0.4) is 0 Å². The van der Waals surface area contributed by atoms with Crippen molar-refractivity contribution >= 4 is 52.7 Å². The van der Waals surface area contributed by atoms with Crippen LogP contribution in [0.2, 0.25) is 0 Å². The second-order valence-electron chi connectivity index (χ2n) is 3.00. The summed E-state index contributed by atoms with van der Waals surface area (Å²) in [5.41, 5.74) is 1.20. The summed E-state index contributed by atoms with van der Waals surface area (Å²) >= 11 is 4.05. The minimum atomic E-state index is -0.783. The summed E-state index contributed by atoms with van der Waals surface area (Å²) in [4.78, 5) is 0. The van der Waals surface area contributed by atoms with Gasteiger partial charge < -0.3 is 8.01 Å². The molecule has 0 aromatic heterocycles. The van der Waals surface area contributed by atoms with Crippen LogP contribution in [0.5, 0.6) is 0 Å². The molecule has 0 aliphatic heterocycles. The summed E-state index contributed by atoms with van der Waals surface area (Å²) < 4.78 is 4.81. The highest BCUT2D eigenvalue weighted by Gasteiger charge is 2.20. The Balaban J connectivity index is 4.44. The lowest BCUT2D eigenvalue weighted by Gasteiger charge is -2.20. The zero-order valence-corrected chi connectivity index (χ0v) is 11.8. The third kappa shape index (κ3) is 5.03. The van der Waals surface area contributed by atoms with Crippen LogP contribution in [0.4, 0.5) is 0 Å².